The Hall–Kier alpha value is -1.78. The predicted octanol–water partition coefficient (Wildman–Crippen LogP) is 7.19. The summed E-state index contributed by atoms with van der Waals surface area (Å²) in [6.07, 6.45) is 1.98. The minimum atomic E-state index is -2.02. The van der Waals surface area contributed by atoms with Gasteiger partial charge in [-0.15, -0.1) is 0 Å². The molecule has 1 aliphatic heterocycles. The maximum atomic E-state index is 4.92. The number of fused-ring (bicyclic) bond motifs is 3. The van der Waals surface area contributed by atoms with E-state index in [4.69, 9.17) is 4.98 Å². The SMILES string of the molecule is CC(C)c1c2c(cc3ccccc13)-c1nccc3cc[c]([Ge]([CH3])([CH3])[CH3])c(c13)S2. The molecule has 0 spiro atoms. The van der Waals surface area contributed by atoms with Crippen LogP contribution in [0, 0.1) is 0 Å². The van der Waals surface area contributed by atoms with E-state index in [0.717, 1.165) is 0 Å². The molecule has 0 saturated carbocycles. The zero-order chi connectivity index (χ0) is 19.6. The summed E-state index contributed by atoms with van der Waals surface area (Å²) in [7, 11) is 0. The minimum absolute atomic E-state index is 0.469. The quantitative estimate of drug-likeness (QED) is 0.268. The van der Waals surface area contributed by atoms with E-state index in [1.165, 1.54) is 48.2 Å². The van der Waals surface area contributed by atoms with Crippen LogP contribution in [0.3, 0.4) is 0 Å². The fourth-order valence-corrected chi connectivity index (χ4v) is 10.7. The van der Waals surface area contributed by atoms with Crippen LogP contribution < -0.4 is 4.40 Å². The molecule has 4 aromatic rings. The third kappa shape index (κ3) is 2.65. The number of aromatic nitrogens is 1. The van der Waals surface area contributed by atoms with Crippen molar-refractivity contribution >= 4 is 51.0 Å². The van der Waals surface area contributed by atoms with Gasteiger partial charge in [-0.05, 0) is 0 Å². The van der Waals surface area contributed by atoms with Crippen molar-refractivity contribution in [2.24, 2.45) is 0 Å². The molecule has 140 valence electrons. The second-order valence-corrected chi connectivity index (χ2v) is 20.7. The summed E-state index contributed by atoms with van der Waals surface area (Å²) >= 11 is -0.0164. The fourth-order valence-electron chi connectivity index (χ4n) is 4.46. The molecule has 0 amide bonds. The third-order valence-electron chi connectivity index (χ3n) is 5.77. The monoisotopic (exact) mass is 445 g/mol. The predicted molar refractivity (Wildman–Crippen MR) is 126 cm³/mol. The van der Waals surface area contributed by atoms with Crippen LogP contribution in [0.15, 0.2) is 64.5 Å². The van der Waals surface area contributed by atoms with Crippen LogP contribution in [-0.4, -0.2) is 18.3 Å². The Morgan fingerprint density at radius 3 is 2.43 bits per heavy atom. The van der Waals surface area contributed by atoms with Gasteiger partial charge in [0.25, 0.3) is 0 Å². The molecule has 0 bridgehead atoms. The molecule has 3 heteroatoms. The molecule has 3 aromatic carbocycles. The van der Waals surface area contributed by atoms with Gasteiger partial charge in [0.15, 0.2) is 0 Å². The van der Waals surface area contributed by atoms with Crippen molar-refractivity contribution in [1.82, 2.24) is 4.98 Å². The topological polar surface area (TPSA) is 12.9 Å². The zero-order valence-electron chi connectivity index (χ0n) is 17.1. The van der Waals surface area contributed by atoms with Gasteiger partial charge in [-0.25, -0.2) is 0 Å². The van der Waals surface area contributed by atoms with E-state index in [2.05, 4.69) is 79.6 Å². The molecule has 2 heterocycles. The number of hydrogen-bond acceptors (Lipinski definition) is 2. The third-order valence-corrected chi connectivity index (χ3v) is 11.7. The second-order valence-electron chi connectivity index (χ2n) is 9.09. The Morgan fingerprint density at radius 1 is 0.893 bits per heavy atom. The van der Waals surface area contributed by atoms with Crippen molar-refractivity contribution in [1.29, 1.82) is 0 Å². The van der Waals surface area contributed by atoms with Gasteiger partial charge in [-0.1, -0.05) is 0 Å². The van der Waals surface area contributed by atoms with Crippen LogP contribution in [0.4, 0.5) is 0 Å². The molecule has 5 rings (SSSR count). The zero-order valence-corrected chi connectivity index (χ0v) is 20.0. The van der Waals surface area contributed by atoms with Gasteiger partial charge in [0.2, 0.25) is 0 Å². The normalized spacial score (nSPS) is 13.4. The van der Waals surface area contributed by atoms with E-state index >= 15 is 0 Å². The van der Waals surface area contributed by atoms with Crippen LogP contribution in [0.5, 0.6) is 0 Å². The van der Waals surface area contributed by atoms with Gasteiger partial charge < -0.3 is 0 Å². The van der Waals surface area contributed by atoms with E-state index in [-0.39, 0.29) is 0 Å². The molecule has 1 nitrogen and oxygen atoms in total. The molecule has 0 atom stereocenters. The van der Waals surface area contributed by atoms with Crippen molar-refractivity contribution in [3.63, 3.8) is 0 Å². The molecule has 1 aromatic heterocycles. The summed E-state index contributed by atoms with van der Waals surface area (Å²) < 4.78 is 1.60. The van der Waals surface area contributed by atoms with E-state index in [1.54, 1.807) is 4.40 Å². The summed E-state index contributed by atoms with van der Waals surface area (Å²) in [5.41, 5.74) is 3.95. The summed E-state index contributed by atoms with van der Waals surface area (Å²) in [6.45, 7) is 4.64. The van der Waals surface area contributed by atoms with Crippen LogP contribution in [-0.2, 0) is 0 Å². The number of nitrogens with zero attached hydrogens (tertiary/aromatic N) is 1. The molecule has 0 fully saturated rings. The maximum absolute atomic E-state index is 4.92. The second kappa shape index (κ2) is 6.36. The number of hydrogen-bond donors (Lipinski definition) is 0. The van der Waals surface area contributed by atoms with Crippen LogP contribution in [0.25, 0.3) is 32.8 Å². The van der Waals surface area contributed by atoms with Gasteiger partial charge in [0, 0.05) is 0 Å². The summed E-state index contributed by atoms with van der Waals surface area (Å²) in [5.74, 6) is 7.95. The Balaban J connectivity index is 1.96. The standard InChI is InChI=1S/C25H25GeNS/c1-15(2)21-18-9-7-6-8-17(18)14-19-23-22-16(12-13-27-23)10-11-20(26(3,4)5)25(22)28-24(19)21/h6-15H,1-5H3. The Kier molecular flexibility index (Phi) is 4.15. The Bertz CT molecular complexity index is 1250. The van der Waals surface area contributed by atoms with Crippen molar-refractivity contribution < 1.29 is 0 Å². The average molecular weight is 444 g/mol. The first-order valence-electron chi connectivity index (χ1n) is 10.0. The average Bonchev–Trinajstić information content (AvgIpc) is 2.65. The van der Waals surface area contributed by atoms with E-state index in [0.29, 0.717) is 5.92 Å². The number of benzene rings is 3. The van der Waals surface area contributed by atoms with E-state index in [9.17, 15) is 0 Å². The molecular formula is C25H25GeNS. The van der Waals surface area contributed by atoms with Crippen molar-refractivity contribution in [3.8, 4) is 11.3 Å². The van der Waals surface area contributed by atoms with Gasteiger partial charge in [-0.3, -0.25) is 0 Å². The molecular weight excluding hydrogens is 419 g/mol. The molecule has 0 radical (unpaired) electrons. The van der Waals surface area contributed by atoms with Crippen LogP contribution in [0.1, 0.15) is 25.3 Å². The van der Waals surface area contributed by atoms with Crippen molar-refractivity contribution in [2.45, 2.75) is 46.8 Å². The van der Waals surface area contributed by atoms with Gasteiger partial charge in [0.05, 0.1) is 0 Å². The molecule has 1 aliphatic rings. The molecule has 0 N–H and O–H groups in total. The fraction of sp³-hybridized carbons (Fsp3) is 0.240. The van der Waals surface area contributed by atoms with Crippen molar-refractivity contribution in [2.75, 3.05) is 0 Å². The summed E-state index contributed by atoms with van der Waals surface area (Å²) in [6, 6.07) is 18.1. The molecule has 0 unspecified atom stereocenters. The number of rotatable bonds is 2. The Morgan fingerprint density at radius 2 is 1.68 bits per heavy atom. The summed E-state index contributed by atoms with van der Waals surface area (Å²) in [5, 5.41) is 5.38. The van der Waals surface area contributed by atoms with E-state index < -0.39 is 13.3 Å². The summed E-state index contributed by atoms with van der Waals surface area (Å²) in [4.78, 5) is 7.80. The first-order chi connectivity index (χ1) is 13.4. The van der Waals surface area contributed by atoms with Crippen molar-refractivity contribution in [3.05, 3.63) is 60.3 Å². The van der Waals surface area contributed by atoms with Gasteiger partial charge in [0.1, 0.15) is 0 Å². The van der Waals surface area contributed by atoms with Gasteiger partial charge >= 0.3 is 174 Å². The number of pyridine rings is 1. The van der Waals surface area contributed by atoms with Crippen LogP contribution in [0.2, 0.25) is 17.3 Å². The first-order valence-corrected chi connectivity index (χ1v) is 18.2. The first kappa shape index (κ1) is 18.3. The Labute approximate surface area is 173 Å². The molecule has 0 aliphatic carbocycles. The van der Waals surface area contributed by atoms with Crippen LogP contribution >= 0.6 is 11.8 Å². The van der Waals surface area contributed by atoms with Gasteiger partial charge in [-0.2, -0.15) is 0 Å². The molecule has 28 heavy (non-hydrogen) atoms. The van der Waals surface area contributed by atoms with E-state index in [1.807, 2.05) is 18.0 Å². The molecule has 0 saturated heterocycles.